The fourth-order valence-electron chi connectivity index (χ4n) is 3.04. The number of nitrogens with one attached hydrogen (secondary N) is 1. The topological polar surface area (TPSA) is 104 Å². The lowest BCUT2D eigenvalue weighted by molar-refractivity contribution is -0.136. The first kappa shape index (κ1) is 24.2. The molecule has 3 aromatic rings. The van der Waals surface area contributed by atoms with Crippen LogP contribution in [0.5, 0.6) is 0 Å². The maximum absolute atomic E-state index is 13.9. The molecule has 1 unspecified atom stereocenters. The number of hydrogen-bond donors (Lipinski definition) is 3. The Balaban J connectivity index is 1.91. The lowest BCUT2D eigenvalue weighted by Gasteiger charge is -2.12. The van der Waals surface area contributed by atoms with Crippen LogP contribution in [0.3, 0.4) is 0 Å². The first-order valence-electron chi connectivity index (χ1n) is 9.55. The van der Waals surface area contributed by atoms with E-state index in [1.807, 2.05) is 13.8 Å². The lowest BCUT2D eigenvalue weighted by atomic mass is 10.0. The summed E-state index contributed by atoms with van der Waals surface area (Å²) in [6.45, 7) is 3.85. The van der Waals surface area contributed by atoms with Gasteiger partial charge < -0.3 is 14.8 Å². The molecule has 0 radical (unpaired) electrons. The summed E-state index contributed by atoms with van der Waals surface area (Å²) < 4.78 is 15.6. The van der Waals surface area contributed by atoms with Gasteiger partial charge in [-0.25, -0.2) is 9.37 Å². The average molecular weight is 500 g/mol. The molecule has 1 aromatic carbocycles. The molecule has 32 heavy (non-hydrogen) atoms. The van der Waals surface area contributed by atoms with Crippen LogP contribution >= 0.6 is 34.5 Å². The van der Waals surface area contributed by atoms with Crippen molar-refractivity contribution in [2.45, 2.75) is 32.9 Å². The molecular formula is C21H20Cl2FN3O4S. The van der Waals surface area contributed by atoms with Crippen molar-refractivity contribution in [1.82, 2.24) is 9.55 Å². The van der Waals surface area contributed by atoms with Gasteiger partial charge in [0.2, 0.25) is 0 Å². The maximum Gasteiger partial charge on any atom is 0.309 e. The summed E-state index contributed by atoms with van der Waals surface area (Å²) in [7, 11) is 0. The van der Waals surface area contributed by atoms with E-state index in [9.17, 15) is 19.1 Å². The Morgan fingerprint density at radius 1 is 1.28 bits per heavy atom. The minimum atomic E-state index is -1.09. The molecular weight excluding hydrogens is 480 g/mol. The van der Waals surface area contributed by atoms with E-state index in [0.717, 1.165) is 11.3 Å². The van der Waals surface area contributed by atoms with Crippen LogP contribution in [0.2, 0.25) is 9.36 Å². The number of carbonyl (C=O) groups excluding carboxylic acids is 1. The van der Waals surface area contributed by atoms with Crippen molar-refractivity contribution in [1.29, 1.82) is 0 Å². The van der Waals surface area contributed by atoms with Crippen LogP contribution in [0.15, 0.2) is 30.5 Å². The molecule has 0 aliphatic heterocycles. The Hall–Kier alpha value is -2.46. The Morgan fingerprint density at radius 2 is 2.00 bits per heavy atom. The predicted octanol–water partition coefficient (Wildman–Crippen LogP) is 5.01. The molecule has 0 aliphatic carbocycles. The van der Waals surface area contributed by atoms with Gasteiger partial charge in [0.05, 0.1) is 23.2 Å². The first-order chi connectivity index (χ1) is 15.0. The molecule has 7 nitrogen and oxygen atoms in total. The average Bonchev–Trinajstić information content (AvgIpc) is 3.27. The van der Waals surface area contributed by atoms with Crippen LogP contribution in [0, 0.1) is 11.7 Å². The fourth-order valence-corrected chi connectivity index (χ4v) is 4.19. The highest BCUT2D eigenvalue weighted by Gasteiger charge is 2.22. The minimum absolute atomic E-state index is 0.00652. The Bertz CT molecular complexity index is 1160. The number of aliphatic hydroxyl groups is 1. The van der Waals surface area contributed by atoms with Gasteiger partial charge in [0.25, 0.3) is 5.91 Å². The van der Waals surface area contributed by atoms with Crippen LogP contribution in [-0.2, 0) is 17.8 Å². The third-order valence-corrected chi connectivity index (χ3v) is 6.21. The standard InChI is InChI=1S/C21H20Cl2FN3O4S/c1-10(2)18(30)12-6-16(27(9-12)8-11-3-4-13(22)14(24)5-11)20(31)26-21-25-15(7-17(28)29)19(23)32-21/h3-6,9-10,18,30H,7-8H2,1-2H3,(H,28,29)(H,25,26,31). The van der Waals surface area contributed by atoms with E-state index in [-0.39, 0.29) is 44.8 Å². The number of carboxylic acids is 1. The van der Waals surface area contributed by atoms with Crippen molar-refractivity contribution in [3.05, 3.63) is 68.2 Å². The fraction of sp³-hybridized carbons (Fsp3) is 0.286. The third kappa shape index (κ3) is 5.66. The highest BCUT2D eigenvalue weighted by molar-refractivity contribution is 7.19. The first-order valence-corrected chi connectivity index (χ1v) is 11.1. The zero-order chi connectivity index (χ0) is 23.6. The lowest BCUT2D eigenvalue weighted by Crippen LogP contribution is -2.17. The van der Waals surface area contributed by atoms with Crippen LogP contribution in [0.1, 0.15) is 47.3 Å². The maximum atomic E-state index is 13.9. The van der Waals surface area contributed by atoms with Crippen LogP contribution in [0.25, 0.3) is 0 Å². The molecule has 0 saturated heterocycles. The molecule has 1 amide bonds. The van der Waals surface area contributed by atoms with E-state index in [0.29, 0.717) is 11.1 Å². The number of carboxylic acid groups (broad SMARTS) is 1. The van der Waals surface area contributed by atoms with Crippen molar-refractivity contribution >= 4 is 51.5 Å². The SMILES string of the molecule is CC(C)C(O)c1cc(C(=O)Nc2nc(CC(=O)O)c(Cl)s2)n(Cc2ccc(Cl)c(F)c2)c1. The quantitative estimate of drug-likeness (QED) is 0.404. The molecule has 0 bridgehead atoms. The summed E-state index contributed by atoms with van der Waals surface area (Å²) in [5.41, 5.74) is 1.47. The van der Waals surface area contributed by atoms with Crippen LogP contribution < -0.4 is 5.32 Å². The molecule has 3 N–H and O–H groups in total. The van der Waals surface area contributed by atoms with Crippen molar-refractivity contribution < 1.29 is 24.2 Å². The van der Waals surface area contributed by atoms with Gasteiger partial charge in [-0.05, 0) is 35.2 Å². The second-order valence-corrected chi connectivity index (χ2v) is 9.50. The van der Waals surface area contributed by atoms with Crippen molar-refractivity contribution in [2.75, 3.05) is 5.32 Å². The zero-order valence-corrected chi connectivity index (χ0v) is 19.4. The summed E-state index contributed by atoms with van der Waals surface area (Å²) >= 11 is 12.7. The summed E-state index contributed by atoms with van der Waals surface area (Å²) in [4.78, 5) is 28.0. The highest BCUT2D eigenvalue weighted by atomic mass is 35.5. The number of nitrogens with zero attached hydrogens (tertiary/aromatic N) is 2. The van der Waals surface area contributed by atoms with E-state index in [2.05, 4.69) is 10.3 Å². The van der Waals surface area contributed by atoms with Gasteiger partial charge in [0.15, 0.2) is 5.13 Å². The molecule has 11 heteroatoms. The van der Waals surface area contributed by atoms with E-state index in [1.54, 1.807) is 22.9 Å². The summed E-state index contributed by atoms with van der Waals surface area (Å²) in [5.74, 6) is -2.29. The van der Waals surface area contributed by atoms with E-state index in [1.165, 1.54) is 12.1 Å². The van der Waals surface area contributed by atoms with Crippen molar-refractivity contribution in [3.8, 4) is 0 Å². The van der Waals surface area contributed by atoms with E-state index >= 15 is 0 Å². The number of thiazole rings is 1. The van der Waals surface area contributed by atoms with Gasteiger partial charge in [-0.1, -0.05) is 54.5 Å². The summed E-state index contributed by atoms with van der Waals surface area (Å²) in [6.07, 6.45) is 0.465. The number of aliphatic hydroxyl groups excluding tert-OH is 1. The summed E-state index contributed by atoms with van der Waals surface area (Å²) in [6, 6.07) is 5.91. The predicted molar refractivity (Wildman–Crippen MR) is 121 cm³/mol. The van der Waals surface area contributed by atoms with Gasteiger partial charge >= 0.3 is 5.97 Å². The number of carbonyl (C=O) groups is 2. The Morgan fingerprint density at radius 3 is 2.62 bits per heavy atom. The van der Waals surface area contributed by atoms with Gasteiger partial charge in [0, 0.05) is 12.7 Å². The molecule has 0 fully saturated rings. The smallest absolute Gasteiger partial charge is 0.309 e. The Kier molecular flexibility index (Phi) is 7.55. The summed E-state index contributed by atoms with van der Waals surface area (Å²) in [5, 5.41) is 22.2. The highest BCUT2D eigenvalue weighted by Crippen LogP contribution is 2.30. The van der Waals surface area contributed by atoms with Crippen molar-refractivity contribution in [3.63, 3.8) is 0 Å². The molecule has 2 heterocycles. The van der Waals surface area contributed by atoms with Crippen molar-refractivity contribution in [2.24, 2.45) is 5.92 Å². The number of amides is 1. The van der Waals surface area contributed by atoms with Crippen LogP contribution in [-0.4, -0.2) is 31.6 Å². The van der Waals surface area contributed by atoms with Gasteiger partial charge in [-0.2, -0.15) is 0 Å². The number of hydrogen-bond acceptors (Lipinski definition) is 5. The minimum Gasteiger partial charge on any atom is -0.481 e. The molecule has 0 aliphatic rings. The number of aromatic nitrogens is 2. The third-order valence-electron chi connectivity index (χ3n) is 4.65. The van der Waals surface area contributed by atoms with Gasteiger partial charge in [0.1, 0.15) is 15.8 Å². The molecule has 0 spiro atoms. The molecule has 1 atom stereocenters. The molecule has 2 aromatic heterocycles. The van der Waals surface area contributed by atoms with Gasteiger partial charge in [-0.15, -0.1) is 0 Å². The normalized spacial score (nSPS) is 12.2. The monoisotopic (exact) mass is 499 g/mol. The van der Waals surface area contributed by atoms with Crippen LogP contribution in [0.4, 0.5) is 9.52 Å². The second-order valence-electron chi connectivity index (χ2n) is 7.49. The van der Waals surface area contributed by atoms with E-state index in [4.69, 9.17) is 28.3 Å². The zero-order valence-electron chi connectivity index (χ0n) is 17.1. The molecule has 170 valence electrons. The number of benzene rings is 1. The number of rotatable bonds is 8. The Labute approximate surface area is 197 Å². The number of aliphatic carboxylic acids is 1. The second kappa shape index (κ2) is 9.99. The molecule has 3 rings (SSSR count). The van der Waals surface area contributed by atoms with Gasteiger partial charge in [-0.3, -0.25) is 14.9 Å². The molecule has 0 saturated carbocycles. The largest absolute Gasteiger partial charge is 0.481 e. The number of anilines is 1. The van der Waals surface area contributed by atoms with E-state index < -0.39 is 23.8 Å². The number of halogens is 3.